The Balaban J connectivity index is 2.38. The third-order valence-corrected chi connectivity index (χ3v) is 5.49. The van der Waals surface area contributed by atoms with Crippen LogP contribution in [-0.4, -0.2) is 51.0 Å². The van der Waals surface area contributed by atoms with E-state index in [2.05, 4.69) is 5.32 Å². The molecule has 8 heteroatoms. The van der Waals surface area contributed by atoms with E-state index in [1.807, 2.05) is 27.7 Å². The molecule has 1 N–H and O–H groups in total. The molecule has 1 aromatic rings. The second-order valence-corrected chi connectivity index (χ2v) is 8.49. The van der Waals surface area contributed by atoms with E-state index >= 15 is 0 Å². The molecule has 1 heterocycles. The standard InChI is InChI=1S/C18H26N2O5S/c1-13(2)11-18(21)19-16-12-15(5-6-17(16)25-14(3)4)26(22,23)20-7-9-24-10-8-20/h5-6,11-12,14H,7-10H2,1-4H3,(H,19,21). The van der Waals surface area contributed by atoms with Gasteiger partial charge >= 0.3 is 0 Å². The fourth-order valence-electron chi connectivity index (χ4n) is 2.49. The van der Waals surface area contributed by atoms with E-state index in [4.69, 9.17) is 9.47 Å². The van der Waals surface area contributed by atoms with Gasteiger partial charge in [-0.1, -0.05) is 5.57 Å². The summed E-state index contributed by atoms with van der Waals surface area (Å²) in [7, 11) is -3.66. The van der Waals surface area contributed by atoms with Gasteiger partial charge in [-0.05, 0) is 45.9 Å². The Morgan fingerprint density at radius 1 is 1.27 bits per heavy atom. The van der Waals surface area contributed by atoms with Crippen molar-refractivity contribution in [2.75, 3.05) is 31.6 Å². The van der Waals surface area contributed by atoms with Crippen molar-refractivity contribution in [3.63, 3.8) is 0 Å². The largest absolute Gasteiger partial charge is 0.489 e. The van der Waals surface area contributed by atoms with Crippen molar-refractivity contribution in [1.82, 2.24) is 4.31 Å². The van der Waals surface area contributed by atoms with Crippen molar-refractivity contribution in [2.45, 2.75) is 38.7 Å². The maximum absolute atomic E-state index is 12.8. The summed E-state index contributed by atoms with van der Waals surface area (Å²) in [6, 6.07) is 4.52. The van der Waals surface area contributed by atoms with Gasteiger partial charge < -0.3 is 14.8 Å². The smallest absolute Gasteiger partial charge is 0.248 e. The molecular weight excluding hydrogens is 356 g/mol. The summed E-state index contributed by atoms with van der Waals surface area (Å²) >= 11 is 0. The van der Waals surface area contributed by atoms with E-state index in [0.29, 0.717) is 37.7 Å². The zero-order valence-electron chi connectivity index (χ0n) is 15.6. The average molecular weight is 382 g/mol. The molecule has 2 rings (SSSR count). The Hall–Kier alpha value is -1.90. The number of nitrogens with zero attached hydrogens (tertiary/aromatic N) is 1. The van der Waals surface area contributed by atoms with Crippen molar-refractivity contribution in [1.29, 1.82) is 0 Å². The van der Waals surface area contributed by atoms with Crippen LogP contribution < -0.4 is 10.1 Å². The van der Waals surface area contributed by atoms with Crippen LogP contribution in [0.15, 0.2) is 34.7 Å². The number of nitrogens with one attached hydrogen (secondary N) is 1. The zero-order valence-corrected chi connectivity index (χ0v) is 16.4. The second-order valence-electron chi connectivity index (χ2n) is 6.55. The van der Waals surface area contributed by atoms with Gasteiger partial charge in [-0.15, -0.1) is 0 Å². The zero-order chi connectivity index (χ0) is 19.3. The summed E-state index contributed by atoms with van der Waals surface area (Å²) in [5, 5.41) is 2.71. The first kappa shape index (κ1) is 20.4. The molecule has 0 spiro atoms. The van der Waals surface area contributed by atoms with Gasteiger partial charge in [-0.3, -0.25) is 4.79 Å². The lowest BCUT2D eigenvalue weighted by atomic mass is 10.2. The number of allylic oxidation sites excluding steroid dienone is 1. The van der Waals surface area contributed by atoms with Crippen LogP contribution in [0.25, 0.3) is 0 Å². The number of sulfonamides is 1. The predicted octanol–water partition coefficient (Wildman–Crippen LogP) is 2.40. The Kier molecular flexibility index (Phi) is 6.80. The lowest BCUT2D eigenvalue weighted by Gasteiger charge is -2.26. The summed E-state index contributed by atoms with van der Waals surface area (Å²) in [5.41, 5.74) is 1.17. The number of hydrogen-bond acceptors (Lipinski definition) is 5. The van der Waals surface area contributed by atoms with Crippen LogP contribution in [0.3, 0.4) is 0 Å². The predicted molar refractivity (Wildman–Crippen MR) is 99.8 cm³/mol. The van der Waals surface area contributed by atoms with E-state index in [-0.39, 0.29) is 16.9 Å². The summed E-state index contributed by atoms with van der Waals surface area (Å²) < 4.78 is 38.0. The molecule has 144 valence electrons. The molecule has 1 saturated heterocycles. The molecule has 7 nitrogen and oxygen atoms in total. The van der Waals surface area contributed by atoms with Crippen LogP contribution in [-0.2, 0) is 19.6 Å². The average Bonchev–Trinajstić information content (AvgIpc) is 2.56. The summed E-state index contributed by atoms with van der Waals surface area (Å²) in [4.78, 5) is 12.2. The van der Waals surface area contributed by atoms with Crippen LogP contribution in [0.4, 0.5) is 5.69 Å². The summed E-state index contributed by atoms with van der Waals surface area (Å²) in [5.74, 6) is 0.0935. The Morgan fingerprint density at radius 3 is 2.50 bits per heavy atom. The first-order chi connectivity index (χ1) is 12.2. The maximum Gasteiger partial charge on any atom is 0.248 e. The number of ether oxygens (including phenoxy) is 2. The van der Waals surface area contributed by atoms with Gasteiger partial charge in [-0.25, -0.2) is 8.42 Å². The minimum Gasteiger partial charge on any atom is -0.489 e. The normalized spacial score (nSPS) is 15.6. The maximum atomic E-state index is 12.8. The Morgan fingerprint density at radius 2 is 1.92 bits per heavy atom. The third-order valence-electron chi connectivity index (χ3n) is 3.60. The molecule has 1 aliphatic heterocycles. The highest BCUT2D eigenvalue weighted by atomic mass is 32.2. The topological polar surface area (TPSA) is 84.9 Å². The Labute approximate surface area is 155 Å². The number of anilines is 1. The van der Waals surface area contributed by atoms with Gasteiger partial charge in [0.15, 0.2) is 0 Å². The molecule has 0 aromatic heterocycles. The minimum atomic E-state index is -3.66. The number of carbonyl (C=O) groups excluding carboxylic acids is 1. The van der Waals surface area contributed by atoms with Gasteiger partial charge in [0, 0.05) is 19.2 Å². The van der Waals surface area contributed by atoms with E-state index in [9.17, 15) is 13.2 Å². The van der Waals surface area contributed by atoms with Gasteiger partial charge in [-0.2, -0.15) is 4.31 Å². The minimum absolute atomic E-state index is 0.114. The van der Waals surface area contributed by atoms with Gasteiger partial charge in [0.25, 0.3) is 0 Å². The van der Waals surface area contributed by atoms with E-state index < -0.39 is 10.0 Å². The first-order valence-corrected chi connectivity index (χ1v) is 9.98. The second kappa shape index (κ2) is 8.66. The quantitative estimate of drug-likeness (QED) is 0.764. The van der Waals surface area contributed by atoms with Crippen molar-refractivity contribution in [3.8, 4) is 5.75 Å². The van der Waals surface area contributed by atoms with Crippen LogP contribution >= 0.6 is 0 Å². The summed E-state index contributed by atoms with van der Waals surface area (Å²) in [6.07, 6.45) is 1.33. The van der Waals surface area contributed by atoms with Crippen molar-refractivity contribution in [2.24, 2.45) is 0 Å². The molecule has 1 amide bonds. The van der Waals surface area contributed by atoms with E-state index in [0.717, 1.165) is 5.57 Å². The van der Waals surface area contributed by atoms with Gasteiger partial charge in [0.1, 0.15) is 5.75 Å². The fourth-order valence-corrected chi connectivity index (χ4v) is 3.93. The SMILES string of the molecule is CC(C)=CC(=O)Nc1cc(S(=O)(=O)N2CCOCC2)ccc1OC(C)C. The van der Waals surface area contributed by atoms with Crippen LogP contribution in [0.1, 0.15) is 27.7 Å². The number of rotatable bonds is 6. The third kappa shape index (κ3) is 5.30. The number of hydrogen-bond donors (Lipinski definition) is 1. The van der Waals surface area contributed by atoms with E-state index in [1.54, 1.807) is 6.07 Å². The number of morpholine rings is 1. The monoisotopic (exact) mass is 382 g/mol. The highest BCUT2D eigenvalue weighted by Gasteiger charge is 2.27. The van der Waals surface area contributed by atoms with Crippen LogP contribution in [0, 0.1) is 0 Å². The molecule has 0 unspecified atom stereocenters. The first-order valence-electron chi connectivity index (χ1n) is 8.54. The Bertz CT molecular complexity index is 777. The number of amides is 1. The van der Waals surface area contributed by atoms with Crippen LogP contribution in [0.5, 0.6) is 5.75 Å². The lowest BCUT2D eigenvalue weighted by molar-refractivity contribution is -0.112. The molecule has 0 radical (unpaired) electrons. The highest BCUT2D eigenvalue weighted by Crippen LogP contribution is 2.30. The summed E-state index contributed by atoms with van der Waals surface area (Å²) in [6.45, 7) is 8.71. The molecule has 26 heavy (non-hydrogen) atoms. The lowest BCUT2D eigenvalue weighted by Crippen LogP contribution is -2.40. The molecule has 0 bridgehead atoms. The molecule has 0 saturated carbocycles. The molecular formula is C18H26N2O5S. The molecule has 1 fully saturated rings. The number of benzene rings is 1. The number of carbonyl (C=O) groups is 1. The van der Waals surface area contributed by atoms with Crippen molar-refractivity contribution >= 4 is 21.6 Å². The molecule has 1 aromatic carbocycles. The van der Waals surface area contributed by atoms with E-state index in [1.165, 1.54) is 22.5 Å². The van der Waals surface area contributed by atoms with Gasteiger partial charge in [0.2, 0.25) is 15.9 Å². The molecule has 0 aliphatic carbocycles. The molecule has 0 atom stereocenters. The molecule has 1 aliphatic rings. The van der Waals surface area contributed by atoms with Gasteiger partial charge in [0.05, 0.1) is 29.9 Å². The fraction of sp³-hybridized carbons (Fsp3) is 0.500. The highest BCUT2D eigenvalue weighted by molar-refractivity contribution is 7.89. The van der Waals surface area contributed by atoms with Crippen molar-refractivity contribution in [3.05, 3.63) is 29.8 Å². The van der Waals surface area contributed by atoms with Crippen molar-refractivity contribution < 1.29 is 22.7 Å². The van der Waals surface area contributed by atoms with Crippen LogP contribution in [0.2, 0.25) is 0 Å².